The Morgan fingerprint density at radius 3 is 2.34 bits per heavy atom. The molecular formula is C25H17ClF3NO5. The van der Waals surface area contributed by atoms with Gasteiger partial charge in [0.15, 0.2) is 11.5 Å². The number of amides is 1. The first-order valence-corrected chi connectivity index (χ1v) is 10.5. The number of phenolic OH excluding ortho intramolecular Hbond substituents is 1. The van der Waals surface area contributed by atoms with Crippen molar-refractivity contribution in [3.63, 3.8) is 0 Å². The van der Waals surface area contributed by atoms with Gasteiger partial charge in [-0.1, -0.05) is 23.7 Å². The number of phenols is 1. The molecule has 0 radical (unpaired) electrons. The Morgan fingerprint density at radius 2 is 1.71 bits per heavy atom. The van der Waals surface area contributed by atoms with Gasteiger partial charge in [-0.05, 0) is 60.2 Å². The zero-order valence-electron chi connectivity index (χ0n) is 18.0. The van der Waals surface area contributed by atoms with Crippen molar-refractivity contribution in [1.29, 1.82) is 0 Å². The highest BCUT2D eigenvalue weighted by atomic mass is 35.5. The second kappa shape index (κ2) is 8.99. The molecule has 1 saturated heterocycles. The minimum Gasteiger partial charge on any atom is -0.507 e. The predicted molar refractivity (Wildman–Crippen MR) is 122 cm³/mol. The van der Waals surface area contributed by atoms with Crippen LogP contribution in [0.5, 0.6) is 11.5 Å². The smallest absolute Gasteiger partial charge is 0.416 e. The number of Topliss-reactive ketones (excluding diaryl/α,β-unsaturated/α-hetero) is 1. The fourth-order valence-corrected chi connectivity index (χ4v) is 4.00. The number of methoxy groups -OCH3 is 1. The van der Waals surface area contributed by atoms with E-state index in [0.29, 0.717) is 5.02 Å². The molecule has 1 aliphatic heterocycles. The molecule has 3 aromatic rings. The number of aromatic hydroxyl groups is 1. The number of hydrogen-bond acceptors (Lipinski definition) is 5. The van der Waals surface area contributed by atoms with Crippen LogP contribution >= 0.6 is 11.6 Å². The number of halogens is 4. The van der Waals surface area contributed by atoms with Gasteiger partial charge in [-0.15, -0.1) is 0 Å². The number of ether oxygens (including phenoxy) is 1. The molecule has 1 heterocycles. The fraction of sp³-hybridized carbons (Fsp3) is 0.120. The molecule has 0 aromatic heterocycles. The Bertz CT molecular complexity index is 1350. The van der Waals surface area contributed by atoms with Crippen molar-refractivity contribution in [3.8, 4) is 11.5 Å². The van der Waals surface area contributed by atoms with Gasteiger partial charge in [-0.3, -0.25) is 14.5 Å². The summed E-state index contributed by atoms with van der Waals surface area (Å²) in [6.07, 6.45) is -4.69. The molecule has 0 bridgehead atoms. The molecule has 0 aliphatic carbocycles. The quantitative estimate of drug-likeness (QED) is 0.271. The van der Waals surface area contributed by atoms with Gasteiger partial charge < -0.3 is 14.9 Å². The molecule has 1 aliphatic rings. The van der Waals surface area contributed by atoms with Crippen molar-refractivity contribution in [2.24, 2.45) is 0 Å². The summed E-state index contributed by atoms with van der Waals surface area (Å²) in [5.41, 5.74) is -1.17. The van der Waals surface area contributed by atoms with E-state index in [1.165, 1.54) is 55.6 Å². The third kappa shape index (κ3) is 4.42. The number of rotatable bonds is 4. The summed E-state index contributed by atoms with van der Waals surface area (Å²) in [4.78, 5) is 27.1. The van der Waals surface area contributed by atoms with Crippen LogP contribution in [0.4, 0.5) is 18.9 Å². The summed E-state index contributed by atoms with van der Waals surface area (Å²) in [6, 6.07) is 12.4. The van der Waals surface area contributed by atoms with E-state index in [1.807, 2.05) is 0 Å². The number of benzene rings is 3. The van der Waals surface area contributed by atoms with Gasteiger partial charge in [0, 0.05) is 16.3 Å². The van der Waals surface area contributed by atoms with Crippen LogP contribution in [0.15, 0.2) is 72.3 Å². The van der Waals surface area contributed by atoms with Crippen LogP contribution in [0, 0.1) is 0 Å². The number of carbonyl (C=O) groups excluding carboxylic acids is 2. The molecule has 180 valence electrons. The minimum absolute atomic E-state index is 0.00335. The van der Waals surface area contributed by atoms with Crippen molar-refractivity contribution in [1.82, 2.24) is 0 Å². The molecule has 3 aromatic carbocycles. The number of alkyl halides is 3. The number of carbonyl (C=O) groups is 2. The first-order chi connectivity index (χ1) is 16.5. The van der Waals surface area contributed by atoms with E-state index in [2.05, 4.69) is 0 Å². The Morgan fingerprint density at radius 1 is 1.03 bits per heavy atom. The summed E-state index contributed by atoms with van der Waals surface area (Å²) in [6.45, 7) is 0. The Kier molecular flexibility index (Phi) is 6.21. The van der Waals surface area contributed by atoms with Crippen molar-refractivity contribution in [2.75, 3.05) is 12.0 Å². The third-order valence-electron chi connectivity index (χ3n) is 5.53. The molecule has 0 spiro atoms. The zero-order valence-corrected chi connectivity index (χ0v) is 18.8. The van der Waals surface area contributed by atoms with Crippen LogP contribution in [0.25, 0.3) is 5.76 Å². The van der Waals surface area contributed by atoms with Crippen molar-refractivity contribution >= 4 is 34.7 Å². The fourth-order valence-electron chi connectivity index (χ4n) is 3.87. The third-order valence-corrected chi connectivity index (χ3v) is 5.79. The van der Waals surface area contributed by atoms with Gasteiger partial charge >= 0.3 is 6.18 Å². The molecule has 1 fully saturated rings. The first kappa shape index (κ1) is 24.2. The second-order valence-electron chi connectivity index (χ2n) is 7.66. The van der Waals surface area contributed by atoms with E-state index in [0.717, 1.165) is 23.1 Å². The lowest BCUT2D eigenvalue weighted by Gasteiger charge is -2.26. The first-order valence-electron chi connectivity index (χ1n) is 10.1. The minimum atomic E-state index is -4.69. The van der Waals surface area contributed by atoms with Crippen LogP contribution in [-0.2, 0) is 15.8 Å². The Hall–Kier alpha value is -3.98. The summed E-state index contributed by atoms with van der Waals surface area (Å²) in [5, 5.41) is 21.4. The average molecular weight is 504 g/mol. The number of anilines is 1. The largest absolute Gasteiger partial charge is 0.507 e. The molecule has 1 unspecified atom stereocenters. The highest BCUT2D eigenvalue weighted by molar-refractivity contribution is 6.51. The number of aliphatic hydroxyl groups excluding tert-OH is 1. The molecule has 1 atom stereocenters. The molecule has 0 saturated carbocycles. The molecule has 4 rings (SSSR count). The topological polar surface area (TPSA) is 87.1 Å². The van der Waals surface area contributed by atoms with E-state index in [4.69, 9.17) is 16.3 Å². The SMILES string of the molecule is COc1cc(C2/C(=C(\O)c3ccc(Cl)cc3)C(=O)C(=O)N2c2cccc(C(F)(F)F)c2)ccc1O. The average Bonchev–Trinajstić information content (AvgIpc) is 3.09. The van der Waals surface area contributed by atoms with E-state index in [-0.39, 0.29) is 33.9 Å². The number of hydrogen-bond donors (Lipinski definition) is 2. The maximum Gasteiger partial charge on any atom is 0.416 e. The number of aliphatic hydroxyl groups is 1. The maximum atomic E-state index is 13.4. The van der Waals surface area contributed by atoms with Gasteiger partial charge in [0.25, 0.3) is 11.7 Å². The second-order valence-corrected chi connectivity index (χ2v) is 8.09. The molecule has 6 nitrogen and oxygen atoms in total. The molecule has 10 heteroatoms. The standard InChI is InChI=1S/C25H17ClF3NO5/c1-35-19-11-14(7-10-18(19)31)21-20(22(32)13-5-8-16(26)9-6-13)23(33)24(34)30(21)17-4-2-3-15(12-17)25(27,28)29/h2-12,21,31-32H,1H3/b22-20+. The van der Waals surface area contributed by atoms with Gasteiger partial charge in [0.05, 0.1) is 24.3 Å². The summed E-state index contributed by atoms with van der Waals surface area (Å²) >= 11 is 5.90. The maximum absolute atomic E-state index is 13.4. The summed E-state index contributed by atoms with van der Waals surface area (Å²) in [7, 11) is 1.29. The Labute approximate surface area is 202 Å². The van der Waals surface area contributed by atoms with Crippen LogP contribution in [0.1, 0.15) is 22.7 Å². The van der Waals surface area contributed by atoms with Crippen LogP contribution < -0.4 is 9.64 Å². The van der Waals surface area contributed by atoms with Crippen LogP contribution in [0.3, 0.4) is 0 Å². The van der Waals surface area contributed by atoms with Crippen LogP contribution in [-0.4, -0.2) is 29.0 Å². The molecular weight excluding hydrogens is 487 g/mol. The number of nitrogens with zero attached hydrogens (tertiary/aromatic N) is 1. The molecule has 2 N–H and O–H groups in total. The van der Waals surface area contributed by atoms with E-state index in [1.54, 1.807) is 0 Å². The number of ketones is 1. The molecule has 1 amide bonds. The summed E-state index contributed by atoms with van der Waals surface area (Å²) < 4.78 is 45.2. The zero-order chi connectivity index (χ0) is 25.5. The van der Waals surface area contributed by atoms with Crippen LogP contribution in [0.2, 0.25) is 5.02 Å². The lowest BCUT2D eigenvalue weighted by Crippen LogP contribution is -2.29. The van der Waals surface area contributed by atoms with Crippen molar-refractivity contribution in [2.45, 2.75) is 12.2 Å². The van der Waals surface area contributed by atoms with Crippen molar-refractivity contribution < 1.29 is 37.7 Å². The van der Waals surface area contributed by atoms with Gasteiger partial charge in [0.1, 0.15) is 5.76 Å². The highest BCUT2D eigenvalue weighted by Crippen LogP contribution is 2.45. The van der Waals surface area contributed by atoms with Gasteiger partial charge in [-0.25, -0.2) is 0 Å². The monoisotopic (exact) mass is 503 g/mol. The van der Waals surface area contributed by atoms with E-state index in [9.17, 15) is 33.0 Å². The van der Waals surface area contributed by atoms with Gasteiger partial charge in [-0.2, -0.15) is 13.2 Å². The normalized spacial score (nSPS) is 17.6. The summed E-state index contributed by atoms with van der Waals surface area (Å²) in [5.74, 6) is -2.98. The highest BCUT2D eigenvalue weighted by Gasteiger charge is 2.47. The lowest BCUT2D eigenvalue weighted by molar-refractivity contribution is -0.137. The Balaban J connectivity index is 1.97. The van der Waals surface area contributed by atoms with E-state index < -0.39 is 35.2 Å². The van der Waals surface area contributed by atoms with Gasteiger partial charge in [0.2, 0.25) is 0 Å². The lowest BCUT2D eigenvalue weighted by atomic mass is 9.94. The predicted octanol–water partition coefficient (Wildman–Crippen LogP) is 5.70. The molecule has 35 heavy (non-hydrogen) atoms. The van der Waals surface area contributed by atoms with E-state index >= 15 is 0 Å². The van der Waals surface area contributed by atoms with Crippen molar-refractivity contribution in [3.05, 3.63) is 94.0 Å².